The minimum absolute atomic E-state index is 0.0119. The third-order valence-electron chi connectivity index (χ3n) is 10.3. The highest BCUT2D eigenvalue weighted by Gasteiger charge is 2.46. The summed E-state index contributed by atoms with van der Waals surface area (Å²) in [6.45, 7) is 1.74. The number of ether oxygens (including phenoxy) is 4. The minimum atomic E-state index is -1.21. The number of Topliss-reactive ketones (excluding diaryl/α,β-unsaturated/α-hetero) is 1. The van der Waals surface area contributed by atoms with Crippen LogP contribution in [0.4, 0.5) is 0 Å². The molecular formula is C41H54N4O10. The SMILES string of the molecule is CCCC(NC(=O)[C@@H]1C[C@@H]2CN1C(=O)[C@H](C1CCCCC1)NC(=O)Cc1cccc(c1)OCCCC(OC)O2)C(=O)C(=O)NCC(=O)OCc1ccccc1. The van der Waals surface area contributed by atoms with Crippen LogP contribution in [-0.4, -0.2) is 97.6 Å². The lowest BCUT2D eigenvalue weighted by Crippen LogP contribution is -2.58. The Balaban J connectivity index is 1.32. The van der Waals surface area contributed by atoms with E-state index in [9.17, 15) is 28.8 Å². The summed E-state index contributed by atoms with van der Waals surface area (Å²) < 4.78 is 23.1. The highest BCUT2D eigenvalue weighted by molar-refractivity contribution is 6.38. The van der Waals surface area contributed by atoms with Gasteiger partial charge in [0.25, 0.3) is 5.91 Å². The molecule has 298 valence electrons. The molecule has 0 spiro atoms. The zero-order valence-corrected chi connectivity index (χ0v) is 31.8. The molecule has 14 nitrogen and oxygen atoms in total. The molecule has 2 aromatic carbocycles. The summed E-state index contributed by atoms with van der Waals surface area (Å²) in [5.74, 6) is -3.51. The number of methoxy groups -OCH3 is 1. The van der Waals surface area contributed by atoms with E-state index < -0.39 is 66.5 Å². The largest absolute Gasteiger partial charge is 0.494 e. The molecule has 4 amide bonds. The van der Waals surface area contributed by atoms with Gasteiger partial charge in [-0.05, 0) is 54.9 Å². The average molecular weight is 763 g/mol. The van der Waals surface area contributed by atoms with Gasteiger partial charge in [0.05, 0.1) is 25.2 Å². The van der Waals surface area contributed by atoms with Crippen molar-refractivity contribution in [2.45, 2.75) is 115 Å². The first-order chi connectivity index (χ1) is 26.6. The zero-order valence-electron chi connectivity index (χ0n) is 31.8. The van der Waals surface area contributed by atoms with E-state index in [0.29, 0.717) is 31.6 Å². The molecule has 2 unspecified atom stereocenters. The molecule has 3 N–H and O–H groups in total. The maximum atomic E-state index is 14.6. The van der Waals surface area contributed by atoms with E-state index in [1.54, 1.807) is 24.3 Å². The lowest BCUT2D eigenvalue weighted by molar-refractivity contribution is -0.158. The molecule has 2 fully saturated rings. The lowest BCUT2D eigenvalue weighted by atomic mass is 9.83. The van der Waals surface area contributed by atoms with E-state index in [1.807, 2.05) is 37.3 Å². The van der Waals surface area contributed by atoms with E-state index >= 15 is 0 Å². The van der Waals surface area contributed by atoms with Crippen molar-refractivity contribution in [1.82, 2.24) is 20.9 Å². The van der Waals surface area contributed by atoms with Crippen molar-refractivity contribution in [2.75, 3.05) is 26.8 Å². The Bertz CT molecular complexity index is 1630. The summed E-state index contributed by atoms with van der Waals surface area (Å²) >= 11 is 0. The van der Waals surface area contributed by atoms with Gasteiger partial charge in [-0.3, -0.25) is 28.8 Å². The molecule has 0 radical (unpaired) electrons. The summed E-state index contributed by atoms with van der Waals surface area (Å²) in [6, 6.07) is 13.2. The van der Waals surface area contributed by atoms with E-state index in [0.717, 1.165) is 43.2 Å². The molecule has 4 bridgehead atoms. The number of hydrogen-bond donors (Lipinski definition) is 3. The van der Waals surface area contributed by atoms with Gasteiger partial charge in [0.15, 0.2) is 6.29 Å². The summed E-state index contributed by atoms with van der Waals surface area (Å²) in [6.07, 6.45) is 4.99. The Morgan fingerprint density at radius 1 is 0.982 bits per heavy atom. The maximum Gasteiger partial charge on any atom is 0.325 e. The molecule has 55 heavy (non-hydrogen) atoms. The van der Waals surface area contributed by atoms with E-state index in [4.69, 9.17) is 18.9 Å². The Kier molecular flexibility index (Phi) is 15.6. The first-order valence-electron chi connectivity index (χ1n) is 19.5. The van der Waals surface area contributed by atoms with Gasteiger partial charge in [-0.1, -0.05) is 75.1 Å². The summed E-state index contributed by atoms with van der Waals surface area (Å²) in [4.78, 5) is 82.4. The van der Waals surface area contributed by atoms with Crippen LogP contribution >= 0.6 is 0 Å². The van der Waals surface area contributed by atoms with Gasteiger partial charge in [0.1, 0.15) is 31.0 Å². The number of amides is 4. The normalized spacial score (nSPS) is 23.1. The Morgan fingerprint density at radius 2 is 1.76 bits per heavy atom. The third-order valence-corrected chi connectivity index (χ3v) is 10.3. The predicted octanol–water partition coefficient (Wildman–Crippen LogP) is 3.14. The second kappa shape index (κ2) is 20.7. The van der Waals surface area contributed by atoms with Gasteiger partial charge < -0.3 is 39.8 Å². The minimum Gasteiger partial charge on any atom is -0.494 e. The second-order valence-electron chi connectivity index (χ2n) is 14.5. The van der Waals surface area contributed by atoms with Crippen molar-refractivity contribution < 1.29 is 47.7 Å². The van der Waals surface area contributed by atoms with Crippen molar-refractivity contribution in [3.63, 3.8) is 0 Å². The van der Waals surface area contributed by atoms with E-state index in [2.05, 4.69) is 16.0 Å². The van der Waals surface area contributed by atoms with Crippen LogP contribution in [0.25, 0.3) is 0 Å². The molecule has 14 heteroatoms. The quantitative estimate of drug-likeness (QED) is 0.215. The number of rotatable bonds is 12. The van der Waals surface area contributed by atoms with E-state index in [1.165, 1.54) is 12.0 Å². The standard InChI is InChI=1S/C41H54N4O10/c1-3-12-32(38(48)40(50)42-24-35(47)54-26-27-13-6-4-7-14-27)43-39(49)33-23-31-25-45(33)41(51)37(29-16-8-5-9-17-29)44-34(46)22-28-15-10-18-30(21-28)53-20-11-19-36(52-2)55-31/h4,6-7,10,13-15,18,21,29,31-33,36-37H,3,5,8-9,11-12,16-17,19-20,22-26H2,1-2H3,(H,42,50)(H,43,49)(H,44,46)/t31-,32?,33+,36?,37+/m1/s1. The molecule has 5 atom stereocenters. The lowest BCUT2D eigenvalue weighted by Gasteiger charge is -2.35. The zero-order chi connectivity index (χ0) is 39.2. The fourth-order valence-electron chi connectivity index (χ4n) is 7.48. The Labute approximate surface area is 322 Å². The van der Waals surface area contributed by atoms with Crippen molar-refractivity contribution >= 4 is 35.4 Å². The number of ketones is 1. The van der Waals surface area contributed by atoms with Gasteiger partial charge in [0.2, 0.25) is 23.5 Å². The molecule has 5 rings (SSSR count). The van der Waals surface area contributed by atoms with Gasteiger partial charge >= 0.3 is 5.97 Å². The molecule has 1 saturated heterocycles. The van der Waals surface area contributed by atoms with Gasteiger partial charge in [-0.2, -0.15) is 0 Å². The van der Waals surface area contributed by atoms with E-state index in [-0.39, 0.29) is 44.2 Å². The average Bonchev–Trinajstić information content (AvgIpc) is 3.63. The smallest absolute Gasteiger partial charge is 0.325 e. The molecule has 0 aromatic heterocycles. The fourth-order valence-corrected chi connectivity index (χ4v) is 7.48. The van der Waals surface area contributed by atoms with Crippen LogP contribution in [0.1, 0.15) is 82.3 Å². The van der Waals surface area contributed by atoms with Gasteiger partial charge in [0, 0.05) is 26.5 Å². The van der Waals surface area contributed by atoms with Crippen molar-refractivity contribution in [2.24, 2.45) is 5.92 Å². The van der Waals surface area contributed by atoms with Gasteiger partial charge in [-0.15, -0.1) is 0 Å². The highest BCUT2D eigenvalue weighted by Crippen LogP contribution is 2.31. The molecule has 2 heterocycles. The van der Waals surface area contributed by atoms with Crippen LogP contribution in [-0.2, 0) is 56.0 Å². The molecule has 1 saturated carbocycles. The van der Waals surface area contributed by atoms with Crippen LogP contribution in [0.3, 0.4) is 0 Å². The monoisotopic (exact) mass is 762 g/mol. The molecule has 1 aliphatic carbocycles. The number of hydrogen-bond acceptors (Lipinski definition) is 10. The highest BCUT2D eigenvalue weighted by atomic mass is 16.7. The molecular weight excluding hydrogens is 708 g/mol. The maximum absolute atomic E-state index is 14.6. The number of fused-ring (bicyclic) bond motifs is 4. The van der Waals surface area contributed by atoms with Gasteiger partial charge in [-0.25, -0.2) is 0 Å². The van der Waals surface area contributed by atoms with Crippen molar-refractivity contribution in [3.05, 3.63) is 65.7 Å². The number of nitrogens with one attached hydrogen (secondary N) is 3. The van der Waals surface area contributed by atoms with Crippen LogP contribution in [0.5, 0.6) is 5.75 Å². The van der Waals surface area contributed by atoms with Crippen LogP contribution < -0.4 is 20.7 Å². The molecule has 3 aliphatic rings. The fraction of sp³-hybridized carbons (Fsp3) is 0.561. The Hall–Kier alpha value is -4.82. The summed E-state index contributed by atoms with van der Waals surface area (Å²) in [7, 11) is 1.53. The number of carbonyl (C=O) groups is 6. The van der Waals surface area contributed by atoms with Crippen LogP contribution in [0.2, 0.25) is 0 Å². The predicted molar refractivity (Wildman–Crippen MR) is 200 cm³/mol. The van der Waals surface area contributed by atoms with Crippen molar-refractivity contribution in [1.29, 1.82) is 0 Å². The second-order valence-corrected chi connectivity index (χ2v) is 14.5. The van der Waals surface area contributed by atoms with Crippen molar-refractivity contribution in [3.8, 4) is 5.75 Å². The van der Waals surface area contributed by atoms with Crippen LogP contribution in [0, 0.1) is 5.92 Å². The number of esters is 1. The molecule has 2 aliphatic heterocycles. The topological polar surface area (TPSA) is 179 Å². The number of nitrogens with zero attached hydrogens (tertiary/aromatic N) is 1. The third kappa shape index (κ3) is 12.1. The van der Waals surface area contributed by atoms with Crippen LogP contribution in [0.15, 0.2) is 54.6 Å². The first kappa shape index (κ1) is 41.3. The summed E-state index contributed by atoms with van der Waals surface area (Å²) in [5, 5.41) is 8.06. The Morgan fingerprint density at radius 3 is 2.51 bits per heavy atom. The summed E-state index contributed by atoms with van der Waals surface area (Å²) in [5.41, 5.74) is 1.51. The first-order valence-corrected chi connectivity index (χ1v) is 19.5. The number of benzene rings is 2. The number of carbonyl (C=O) groups excluding carboxylic acids is 6. The molecule has 2 aromatic rings.